The number of rotatable bonds is 10. The van der Waals surface area contributed by atoms with Gasteiger partial charge in [0.15, 0.2) is 0 Å². The number of amides is 8. The summed E-state index contributed by atoms with van der Waals surface area (Å²) in [6.07, 6.45) is 3.13. The topological polar surface area (TPSA) is 217 Å². The molecule has 0 saturated heterocycles. The molecule has 0 aliphatic rings. The van der Waals surface area contributed by atoms with Gasteiger partial charge in [-0.15, -0.1) is 11.3 Å². The van der Waals surface area contributed by atoms with E-state index in [1.54, 1.807) is 105 Å². The van der Waals surface area contributed by atoms with Gasteiger partial charge in [-0.1, -0.05) is 52.3 Å². The molecule has 9 rings (SSSR count). The first-order valence-electron chi connectivity index (χ1n) is 23.8. The summed E-state index contributed by atoms with van der Waals surface area (Å²) in [5.41, 5.74) is 3.65. The fourth-order valence-electron chi connectivity index (χ4n) is 8.20. The van der Waals surface area contributed by atoms with Gasteiger partial charge < -0.3 is 40.2 Å². The molecule has 5 heterocycles. The average Bonchev–Trinajstić information content (AvgIpc) is 3.82. The molecule has 0 aliphatic heterocycles. The summed E-state index contributed by atoms with van der Waals surface area (Å²) in [6, 6.07) is 26.5. The molecule has 5 aromatic heterocycles. The van der Waals surface area contributed by atoms with Crippen molar-refractivity contribution in [3.63, 3.8) is 0 Å². The van der Waals surface area contributed by atoms with Gasteiger partial charge in [0.1, 0.15) is 23.3 Å². The van der Waals surface area contributed by atoms with Crippen LogP contribution >= 0.6 is 27.3 Å². The molecule has 0 saturated carbocycles. The van der Waals surface area contributed by atoms with Crippen LogP contribution < -0.4 is 43.0 Å². The van der Waals surface area contributed by atoms with E-state index in [4.69, 9.17) is 0 Å². The maximum absolute atomic E-state index is 15.0. The molecule has 0 aliphatic carbocycles. The van der Waals surface area contributed by atoms with Crippen molar-refractivity contribution in [3.8, 4) is 22.3 Å². The first-order chi connectivity index (χ1) is 36.8. The minimum Gasteiger partial charge on any atom is -0.331 e. The molecule has 0 fully saturated rings. The number of hydrogen-bond acceptors (Lipinski definition) is 9. The lowest BCUT2D eigenvalue weighted by Crippen LogP contribution is -2.28. The van der Waals surface area contributed by atoms with E-state index in [0.717, 1.165) is 10.1 Å². The Kier molecular flexibility index (Phi) is 16.4. The van der Waals surface area contributed by atoms with Gasteiger partial charge >= 0.3 is 24.1 Å². The van der Waals surface area contributed by atoms with Crippen molar-refractivity contribution in [1.29, 1.82) is 0 Å². The second-order valence-corrected chi connectivity index (χ2v) is 19.5. The third-order valence-corrected chi connectivity index (χ3v) is 13.7. The molecule has 0 atom stereocenters. The maximum Gasteiger partial charge on any atom is 0.323 e. The normalized spacial score (nSPS) is 10.9. The Balaban J connectivity index is 0.000000204. The second kappa shape index (κ2) is 23.3. The van der Waals surface area contributed by atoms with Crippen LogP contribution in [0.5, 0.6) is 0 Å². The van der Waals surface area contributed by atoms with Gasteiger partial charge in [0, 0.05) is 119 Å². The van der Waals surface area contributed by atoms with Gasteiger partial charge in [0.05, 0.1) is 28.1 Å². The number of pyridine rings is 4. The number of aromatic nitrogens is 4. The molecule has 9 aromatic rings. The molecule has 0 spiro atoms. The number of anilines is 6. The number of thiophene rings is 1. The molecule has 0 unspecified atom stereocenters. The Labute approximate surface area is 451 Å². The number of para-hydroxylation sites is 1. The van der Waals surface area contributed by atoms with Crippen LogP contribution in [0.2, 0.25) is 0 Å². The number of nitrogens with one attached hydrogen (secondary N) is 6. The molecule has 6 N–H and O–H groups in total. The highest BCUT2D eigenvalue weighted by Crippen LogP contribution is 2.35. The molecule has 18 nitrogen and oxygen atoms in total. The van der Waals surface area contributed by atoms with Gasteiger partial charge in [-0.3, -0.25) is 20.2 Å². The zero-order valence-electron chi connectivity index (χ0n) is 42.6. The van der Waals surface area contributed by atoms with Crippen LogP contribution in [-0.2, 0) is 13.1 Å². The lowest BCUT2D eigenvalue weighted by Gasteiger charge is -2.16. The summed E-state index contributed by atoms with van der Waals surface area (Å²) in [5.74, 6) is -0.668. The van der Waals surface area contributed by atoms with Gasteiger partial charge in [-0.05, 0) is 86.5 Å². The van der Waals surface area contributed by atoms with E-state index in [9.17, 15) is 37.5 Å². The molecular formula is C55H51BrF2N12O6S. The third kappa shape index (κ3) is 12.1. The van der Waals surface area contributed by atoms with E-state index >= 15 is 0 Å². The highest BCUT2D eigenvalue weighted by atomic mass is 79.9. The van der Waals surface area contributed by atoms with E-state index in [0.29, 0.717) is 90.2 Å². The molecule has 0 bridgehead atoms. The lowest BCUT2D eigenvalue weighted by atomic mass is 9.99. The highest BCUT2D eigenvalue weighted by Gasteiger charge is 2.21. The first kappa shape index (κ1) is 54.2. The minimum atomic E-state index is -0.668. The Morgan fingerprint density at radius 3 is 1.61 bits per heavy atom. The fourth-order valence-corrected chi connectivity index (χ4v) is 9.63. The van der Waals surface area contributed by atoms with Crippen LogP contribution in [0.4, 0.5) is 62.3 Å². The van der Waals surface area contributed by atoms with Crippen LogP contribution in [0, 0.1) is 18.6 Å². The SMILES string of the molecule is CCn1c(=O)c(-c2cc(NC(=O)Nc3ccccc3)c(F)cc2Br)cc2cnc(NC(=O)N(C)C)cc21.CCn1c(=O)c(-c2cc(NC(=O)Nc3csc4ccccc34)c(F)cc2C)cc2cnc(NC(=O)N(C)C)cc21. The van der Waals surface area contributed by atoms with Crippen LogP contribution in [0.15, 0.2) is 135 Å². The van der Waals surface area contributed by atoms with Crippen molar-refractivity contribution in [1.82, 2.24) is 28.9 Å². The second-order valence-electron chi connectivity index (χ2n) is 17.7. The predicted octanol–water partition coefficient (Wildman–Crippen LogP) is 12.2. The minimum absolute atomic E-state index is 0.0555. The van der Waals surface area contributed by atoms with Crippen molar-refractivity contribution < 1.29 is 28.0 Å². The summed E-state index contributed by atoms with van der Waals surface area (Å²) < 4.78 is 34.2. The van der Waals surface area contributed by atoms with E-state index in [1.807, 2.05) is 49.6 Å². The summed E-state index contributed by atoms with van der Waals surface area (Å²) in [7, 11) is 6.46. The zero-order chi connectivity index (χ0) is 55.2. The monoisotopic (exact) mass is 1120 g/mol. The zero-order valence-corrected chi connectivity index (χ0v) is 45.0. The van der Waals surface area contributed by atoms with E-state index < -0.39 is 23.7 Å². The molecule has 77 heavy (non-hydrogen) atoms. The summed E-state index contributed by atoms with van der Waals surface area (Å²) in [5, 5.41) is 19.9. The van der Waals surface area contributed by atoms with Crippen molar-refractivity contribution in [3.05, 3.63) is 163 Å². The number of fused-ring (bicyclic) bond motifs is 3. The number of aryl methyl sites for hydroxylation is 3. The summed E-state index contributed by atoms with van der Waals surface area (Å²) in [6.45, 7) is 6.07. The predicted molar refractivity (Wildman–Crippen MR) is 306 cm³/mol. The van der Waals surface area contributed by atoms with Gasteiger partial charge in [-0.25, -0.2) is 37.9 Å². The maximum atomic E-state index is 15.0. The Hall–Kier alpha value is -9.02. The number of nitrogens with zero attached hydrogens (tertiary/aromatic N) is 6. The highest BCUT2D eigenvalue weighted by molar-refractivity contribution is 9.10. The molecule has 394 valence electrons. The van der Waals surface area contributed by atoms with Crippen LogP contribution in [-0.4, -0.2) is 81.2 Å². The number of carbonyl (C=O) groups excluding carboxylic acids is 4. The average molecular weight is 1130 g/mol. The molecule has 8 amide bonds. The summed E-state index contributed by atoms with van der Waals surface area (Å²) >= 11 is 4.85. The number of benzene rings is 4. The number of halogens is 3. The molecule has 0 radical (unpaired) electrons. The Morgan fingerprint density at radius 1 is 0.584 bits per heavy atom. The Bertz CT molecular complexity index is 3910. The van der Waals surface area contributed by atoms with E-state index in [-0.39, 0.29) is 34.6 Å². The van der Waals surface area contributed by atoms with Crippen molar-refractivity contribution in [2.45, 2.75) is 33.9 Å². The van der Waals surface area contributed by atoms with Crippen molar-refractivity contribution in [2.24, 2.45) is 0 Å². The number of hydrogen-bond donors (Lipinski definition) is 6. The molecular weight excluding hydrogens is 1070 g/mol. The van der Waals surface area contributed by atoms with Crippen LogP contribution in [0.3, 0.4) is 0 Å². The van der Waals surface area contributed by atoms with E-state index in [2.05, 4.69) is 57.8 Å². The number of urea groups is 4. The standard InChI is InChI=1S/C29H27FN6O3S.C26H24BrFN6O3/c1-5-36-24-13-26(34-29(39)35(3)4)31-14-17(24)11-20(27(36)37)19-12-22(21(30)10-16(19)2)32-28(38)33-23-15-40-25-9-7-6-8-18(23)25;1-4-34-22-13-23(32-26(37)33(2)3)29-14-15(22)10-18(24(34)35)17-11-21(20(28)12-19(17)27)31-25(36)30-16-8-6-5-7-9-16/h6-15H,5H2,1-4H3,(H,31,34,39)(H2,32,33,38);5-14H,4H2,1-3H3,(H,29,32,37)(H2,30,31,36). The number of carbonyl (C=O) groups is 4. The molecule has 22 heteroatoms. The van der Waals surface area contributed by atoms with Crippen molar-refractivity contribution in [2.75, 3.05) is 60.1 Å². The van der Waals surface area contributed by atoms with Gasteiger partial charge in [0.25, 0.3) is 11.1 Å². The smallest absolute Gasteiger partial charge is 0.323 e. The van der Waals surface area contributed by atoms with Gasteiger partial charge in [0.2, 0.25) is 0 Å². The van der Waals surface area contributed by atoms with Crippen LogP contribution in [0.1, 0.15) is 19.4 Å². The Morgan fingerprint density at radius 2 is 1.06 bits per heavy atom. The van der Waals surface area contributed by atoms with Gasteiger partial charge in [-0.2, -0.15) is 0 Å². The van der Waals surface area contributed by atoms with E-state index in [1.165, 1.54) is 45.4 Å². The fraction of sp³-hybridized carbons (Fsp3) is 0.164. The lowest BCUT2D eigenvalue weighted by molar-refractivity contribution is 0.230. The van der Waals surface area contributed by atoms with Crippen molar-refractivity contribution >= 4 is 118 Å². The van der Waals surface area contributed by atoms with Crippen LogP contribution in [0.25, 0.3) is 54.1 Å². The molecule has 4 aromatic carbocycles. The summed E-state index contributed by atoms with van der Waals surface area (Å²) in [4.78, 5) is 87.8. The largest absolute Gasteiger partial charge is 0.331 e. The first-order valence-corrected chi connectivity index (χ1v) is 25.5. The third-order valence-electron chi connectivity index (χ3n) is 12.1. The quantitative estimate of drug-likeness (QED) is 0.0772.